The summed E-state index contributed by atoms with van der Waals surface area (Å²) in [7, 11) is 0. The van der Waals surface area contributed by atoms with Crippen molar-refractivity contribution in [1.82, 2.24) is 14.8 Å². The number of hydrogen-bond acceptors (Lipinski definition) is 7. The van der Waals surface area contributed by atoms with E-state index in [9.17, 15) is 14.9 Å². The maximum absolute atomic E-state index is 12.5. The molecule has 1 atom stereocenters. The molecule has 3 heterocycles. The van der Waals surface area contributed by atoms with E-state index in [1.54, 1.807) is 48.6 Å². The van der Waals surface area contributed by atoms with Crippen LogP contribution < -0.4 is 0 Å². The Morgan fingerprint density at radius 3 is 2.94 bits per heavy atom. The van der Waals surface area contributed by atoms with Gasteiger partial charge >= 0.3 is 5.82 Å². The zero-order valence-corrected chi connectivity index (χ0v) is 18.1. The van der Waals surface area contributed by atoms with Crippen LogP contribution in [0.25, 0.3) is 0 Å². The summed E-state index contributed by atoms with van der Waals surface area (Å²) in [4.78, 5) is 35.1. The van der Waals surface area contributed by atoms with E-state index < -0.39 is 16.6 Å². The second kappa shape index (κ2) is 10.6. The lowest BCUT2D eigenvalue weighted by Crippen LogP contribution is -2.60. The summed E-state index contributed by atoms with van der Waals surface area (Å²) in [5.41, 5.74) is 1.60. The minimum Gasteiger partial charge on any atom is -0.360 e. The molecule has 1 aromatic rings. The second-order valence-corrected chi connectivity index (χ2v) is 7.91. The molecule has 1 amide bonds. The molecule has 0 bridgehead atoms. The number of likely N-dealkylation sites (tertiary alicyclic amines) is 1. The van der Waals surface area contributed by atoms with Gasteiger partial charge in [-0.2, -0.15) is 0 Å². The highest BCUT2D eigenvalue weighted by Crippen LogP contribution is 2.33. The largest absolute Gasteiger partial charge is 0.366 e. The van der Waals surface area contributed by atoms with Gasteiger partial charge in [0.05, 0.1) is 17.7 Å². The smallest absolute Gasteiger partial charge is 0.360 e. The number of allylic oxidation sites excluding steroid dienone is 1. The lowest BCUT2D eigenvalue weighted by molar-refractivity contribution is -0.390. The number of halogens is 1. The van der Waals surface area contributed by atoms with Gasteiger partial charge in [0, 0.05) is 43.8 Å². The molecule has 1 spiro atoms. The Labute approximate surface area is 186 Å². The van der Waals surface area contributed by atoms with Crippen molar-refractivity contribution >= 4 is 29.5 Å². The topological polar surface area (TPSA) is 101 Å². The number of carbonyl (C=O) groups excluding carboxylic acids is 1. The predicted octanol–water partition coefficient (Wildman–Crippen LogP) is 2.91. The first kappa shape index (κ1) is 23.1. The Hall–Kier alpha value is -2.62. The van der Waals surface area contributed by atoms with Crippen LogP contribution in [-0.4, -0.2) is 69.7 Å². The highest BCUT2D eigenvalue weighted by atomic mass is 35.5. The summed E-state index contributed by atoms with van der Waals surface area (Å²) in [5.74, 6) is -0.165. The molecular formula is C21H26ClN5O4. The molecule has 2 aliphatic heterocycles. The van der Waals surface area contributed by atoms with Gasteiger partial charge in [0.1, 0.15) is 12.3 Å². The van der Waals surface area contributed by atoms with Crippen molar-refractivity contribution in [3.63, 3.8) is 0 Å². The molecule has 1 aromatic heterocycles. The maximum Gasteiger partial charge on any atom is 0.366 e. The molecule has 0 N–H and O–H groups in total. The van der Waals surface area contributed by atoms with Gasteiger partial charge < -0.3 is 24.7 Å². The molecule has 1 unspecified atom stereocenters. The van der Waals surface area contributed by atoms with Crippen LogP contribution in [-0.2, 0) is 16.0 Å². The number of rotatable bonds is 7. The zero-order valence-electron chi connectivity index (χ0n) is 17.4. The number of hydrogen-bond donors (Lipinski definition) is 0. The average molecular weight is 448 g/mol. The first-order valence-corrected chi connectivity index (χ1v) is 10.6. The number of carbonyl (C=O) groups is 1. The number of nitro groups is 1. The minimum atomic E-state index is -0.519. The standard InChI is InChI=1S/C21H26ClN5O4/c1-17-20(28)26(15-11-23-9-3-8-22)16-21(31-17)6-13-25(14-7-21)12-5-18-4-2-10-24-19(18)27(29)30/h2-4,8-11,15,17H,5-7,12-14,16H2,1H3/b8-3+,15-11+,23-9+. The number of nitrogens with zero attached hydrogens (tertiary/aromatic N) is 5. The van der Waals surface area contributed by atoms with E-state index in [-0.39, 0.29) is 11.7 Å². The van der Waals surface area contributed by atoms with Crippen LogP contribution in [0.4, 0.5) is 5.82 Å². The Morgan fingerprint density at radius 1 is 1.45 bits per heavy atom. The van der Waals surface area contributed by atoms with Gasteiger partial charge in [0.15, 0.2) is 0 Å². The number of ether oxygens (including phenoxy) is 1. The third-order valence-electron chi connectivity index (χ3n) is 5.60. The molecule has 2 saturated heterocycles. The van der Waals surface area contributed by atoms with Crippen molar-refractivity contribution in [2.75, 3.05) is 26.2 Å². The van der Waals surface area contributed by atoms with Crippen LogP contribution >= 0.6 is 11.6 Å². The number of amides is 1. The van der Waals surface area contributed by atoms with Crippen molar-refractivity contribution in [3.05, 3.63) is 58.0 Å². The van der Waals surface area contributed by atoms with Crippen molar-refractivity contribution < 1.29 is 14.5 Å². The summed E-state index contributed by atoms with van der Waals surface area (Å²) in [6.45, 7) is 4.56. The highest BCUT2D eigenvalue weighted by Gasteiger charge is 2.44. The van der Waals surface area contributed by atoms with E-state index in [1.807, 2.05) is 0 Å². The molecule has 0 aromatic carbocycles. The van der Waals surface area contributed by atoms with Gasteiger partial charge in [0.2, 0.25) is 0 Å². The highest BCUT2D eigenvalue weighted by molar-refractivity contribution is 6.26. The Bertz CT molecular complexity index is 880. The summed E-state index contributed by atoms with van der Waals surface area (Å²) >= 11 is 5.45. The van der Waals surface area contributed by atoms with Crippen molar-refractivity contribution in [1.29, 1.82) is 0 Å². The fourth-order valence-corrected chi connectivity index (χ4v) is 4.06. The number of aliphatic imine (C=N–C) groups is 1. The summed E-state index contributed by atoms with van der Waals surface area (Å²) in [6, 6.07) is 3.48. The summed E-state index contributed by atoms with van der Waals surface area (Å²) < 4.78 is 6.15. The number of morpholine rings is 1. The molecule has 166 valence electrons. The Morgan fingerprint density at radius 2 is 2.23 bits per heavy atom. The Balaban J connectivity index is 1.57. The van der Waals surface area contributed by atoms with Crippen LogP contribution in [0.3, 0.4) is 0 Å². The molecule has 10 heteroatoms. The van der Waals surface area contributed by atoms with Crippen LogP contribution in [0.15, 0.2) is 47.3 Å². The van der Waals surface area contributed by atoms with Gasteiger partial charge in [-0.15, -0.1) is 0 Å². The molecule has 9 nitrogen and oxygen atoms in total. The van der Waals surface area contributed by atoms with Crippen LogP contribution in [0, 0.1) is 10.1 Å². The molecular weight excluding hydrogens is 422 g/mol. The number of aromatic nitrogens is 1. The SMILES string of the molecule is CC1OC2(CCN(CCc3cccnc3[N+](=O)[O-])CC2)CN(/C=C/N=C/C=C/Cl)C1=O. The lowest BCUT2D eigenvalue weighted by Gasteiger charge is -2.48. The van der Waals surface area contributed by atoms with Crippen LogP contribution in [0.5, 0.6) is 0 Å². The summed E-state index contributed by atoms with van der Waals surface area (Å²) in [5, 5.41) is 11.1. The summed E-state index contributed by atoms with van der Waals surface area (Å²) in [6.07, 6.45) is 9.42. The molecule has 3 rings (SSSR count). The lowest BCUT2D eigenvalue weighted by atomic mass is 9.88. The van der Waals surface area contributed by atoms with Crippen LogP contribution in [0.2, 0.25) is 0 Å². The van der Waals surface area contributed by atoms with E-state index in [0.717, 1.165) is 25.9 Å². The average Bonchev–Trinajstić information content (AvgIpc) is 2.76. The molecule has 31 heavy (non-hydrogen) atoms. The van der Waals surface area contributed by atoms with E-state index in [0.29, 0.717) is 25.1 Å². The van der Waals surface area contributed by atoms with E-state index in [4.69, 9.17) is 16.3 Å². The molecule has 0 radical (unpaired) electrons. The van der Waals surface area contributed by atoms with E-state index in [2.05, 4.69) is 14.9 Å². The maximum atomic E-state index is 12.5. The van der Waals surface area contributed by atoms with E-state index in [1.165, 1.54) is 11.7 Å². The zero-order chi connectivity index (χ0) is 22.3. The van der Waals surface area contributed by atoms with E-state index >= 15 is 0 Å². The third-order valence-corrected chi connectivity index (χ3v) is 5.74. The molecule has 0 saturated carbocycles. The van der Waals surface area contributed by atoms with Crippen molar-refractivity contribution in [3.8, 4) is 0 Å². The van der Waals surface area contributed by atoms with Crippen LogP contribution in [0.1, 0.15) is 25.3 Å². The molecule has 2 aliphatic rings. The van der Waals surface area contributed by atoms with Gasteiger partial charge in [-0.3, -0.25) is 9.79 Å². The fraction of sp³-hybridized carbons (Fsp3) is 0.476. The molecule has 2 fully saturated rings. The predicted molar refractivity (Wildman–Crippen MR) is 118 cm³/mol. The van der Waals surface area contributed by atoms with Gasteiger partial charge in [-0.1, -0.05) is 11.6 Å². The van der Waals surface area contributed by atoms with Crippen molar-refractivity contribution in [2.24, 2.45) is 4.99 Å². The quantitative estimate of drug-likeness (QED) is 0.362. The second-order valence-electron chi connectivity index (χ2n) is 7.66. The van der Waals surface area contributed by atoms with Gasteiger partial charge in [-0.05, 0) is 54.3 Å². The van der Waals surface area contributed by atoms with Gasteiger partial charge in [-0.25, -0.2) is 0 Å². The van der Waals surface area contributed by atoms with Gasteiger partial charge in [0.25, 0.3) is 5.91 Å². The Kier molecular flexibility index (Phi) is 7.89. The monoisotopic (exact) mass is 447 g/mol. The third kappa shape index (κ3) is 5.96. The first-order chi connectivity index (χ1) is 14.9. The minimum absolute atomic E-state index is 0.0782. The first-order valence-electron chi connectivity index (χ1n) is 10.2. The van der Waals surface area contributed by atoms with Crippen molar-refractivity contribution in [2.45, 2.75) is 37.9 Å². The number of pyridine rings is 1. The fourth-order valence-electron chi connectivity index (χ4n) is 3.99. The normalized spacial score (nSPS) is 22.3. The number of piperidine rings is 1. The molecule has 0 aliphatic carbocycles.